The molecule has 0 amide bonds. The first-order valence-corrected chi connectivity index (χ1v) is 8.00. The summed E-state index contributed by atoms with van der Waals surface area (Å²) in [6.07, 6.45) is -3.09. The van der Waals surface area contributed by atoms with Crippen LogP contribution in [0, 0.1) is 0 Å². The summed E-state index contributed by atoms with van der Waals surface area (Å²) in [6.45, 7) is 5.81. The predicted octanol–water partition coefficient (Wildman–Crippen LogP) is 3.14. The van der Waals surface area contributed by atoms with Crippen molar-refractivity contribution in [2.24, 2.45) is 0 Å². The van der Waals surface area contributed by atoms with Gasteiger partial charge in [0.05, 0.1) is 13.2 Å². The molecule has 0 aliphatic carbocycles. The molecule has 0 radical (unpaired) electrons. The van der Waals surface area contributed by atoms with E-state index in [1.54, 1.807) is 6.92 Å². The molecule has 132 valence electrons. The normalized spacial score (nSPS) is 15.2. The van der Waals surface area contributed by atoms with E-state index < -0.39 is 28.9 Å². The summed E-state index contributed by atoms with van der Waals surface area (Å²) in [5.41, 5.74) is 0.624. The van der Waals surface area contributed by atoms with Gasteiger partial charge in [0, 0.05) is 17.6 Å². The molecule has 0 fully saturated rings. The molecule has 1 aromatic heterocycles. The lowest BCUT2D eigenvalue weighted by Crippen LogP contribution is -2.40. The molecule has 0 aromatic carbocycles. The molecule has 1 aromatic rings. The summed E-state index contributed by atoms with van der Waals surface area (Å²) in [7, 11) is 1.31. The topological polar surface area (TPSA) is 66.4 Å². The van der Waals surface area contributed by atoms with E-state index in [0.29, 0.717) is 5.56 Å². The van der Waals surface area contributed by atoms with Crippen LogP contribution in [0.2, 0.25) is 0 Å². The number of hydrogen-bond donors (Lipinski definition) is 1. The van der Waals surface area contributed by atoms with E-state index in [2.05, 4.69) is 14.4 Å². The highest BCUT2D eigenvalue weighted by atomic mass is 32.2. The van der Waals surface area contributed by atoms with Gasteiger partial charge in [-0.25, -0.2) is 4.98 Å². The van der Waals surface area contributed by atoms with Crippen LogP contribution in [0.15, 0.2) is 12.3 Å². The molecule has 5 nitrogen and oxygen atoms in total. The minimum Gasteiger partial charge on any atom is -0.598 e. The smallest absolute Gasteiger partial charge is 0.422 e. The minimum atomic E-state index is -4.45. The molecule has 0 saturated heterocycles. The van der Waals surface area contributed by atoms with E-state index in [1.807, 2.05) is 20.8 Å². The lowest BCUT2D eigenvalue weighted by molar-refractivity contribution is -0.154. The zero-order chi connectivity index (χ0) is 17.8. The average molecular weight is 354 g/mol. The Balaban J connectivity index is 2.86. The highest BCUT2D eigenvalue weighted by Crippen LogP contribution is 2.29. The number of methoxy groups -OCH3 is 1. The van der Waals surface area contributed by atoms with E-state index in [0.717, 1.165) is 0 Å². The van der Waals surface area contributed by atoms with Crippen LogP contribution in [0.5, 0.6) is 11.6 Å². The molecule has 1 heterocycles. The monoisotopic (exact) mass is 354 g/mol. The number of hydrogen-bond acceptors (Lipinski definition) is 5. The first-order valence-electron chi connectivity index (χ1n) is 6.85. The van der Waals surface area contributed by atoms with Gasteiger partial charge in [-0.2, -0.15) is 13.2 Å². The third-order valence-corrected chi connectivity index (χ3v) is 4.45. The Morgan fingerprint density at radius 1 is 1.35 bits per heavy atom. The number of nitrogens with one attached hydrogen (secondary N) is 1. The zero-order valence-corrected chi connectivity index (χ0v) is 14.5. The van der Waals surface area contributed by atoms with Crippen LogP contribution >= 0.6 is 0 Å². The Bertz CT molecular complexity index is 521. The van der Waals surface area contributed by atoms with Crippen molar-refractivity contribution in [1.82, 2.24) is 9.71 Å². The summed E-state index contributed by atoms with van der Waals surface area (Å²) in [6, 6.07) is 1.18. The first kappa shape index (κ1) is 19.9. The van der Waals surface area contributed by atoms with Gasteiger partial charge >= 0.3 is 6.18 Å². The Morgan fingerprint density at radius 3 is 2.43 bits per heavy atom. The van der Waals surface area contributed by atoms with Crippen LogP contribution in [0.4, 0.5) is 13.2 Å². The SMILES string of the molecule is COc1cc([C@@H](C)N[S+]([O-])C(C)(C)C)cnc1OCC(F)(F)F. The van der Waals surface area contributed by atoms with Crippen LogP contribution in [0.3, 0.4) is 0 Å². The minimum absolute atomic E-state index is 0.0851. The largest absolute Gasteiger partial charge is 0.598 e. The molecule has 0 saturated carbocycles. The van der Waals surface area contributed by atoms with Gasteiger partial charge in [0.15, 0.2) is 12.4 Å². The van der Waals surface area contributed by atoms with Crippen molar-refractivity contribution >= 4 is 11.4 Å². The molecule has 23 heavy (non-hydrogen) atoms. The summed E-state index contributed by atoms with van der Waals surface area (Å²) in [5.74, 6) is -0.153. The van der Waals surface area contributed by atoms with Crippen LogP contribution < -0.4 is 14.2 Å². The van der Waals surface area contributed by atoms with Gasteiger partial charge in [0.1, 0.15) is 4.75 Å². The van der Waals surface area contributed by atoms with E-state index in [4.69, 9.17) is 4.74 Å². The highest BCUT2D eigenvalue weighted by Gasteiger charge is 2.30. The lowest BCUT2D eigenvalue weighted by atomic mass is 10.1. The molecule has 1 unspecified atom stereocenters. The van der Waals surface area contributed by atoms with Gasteiger partial charge < -0.3 is 14.0 Å². The summed E-state index contributed by atoms with van der Waals surface area (Å²) in [4.78, 5) is 3.86. The fourth-order valence-corrected chi connectivity index (χ4v) is 2.30. The fraction of sp³-hybridized carbons (Fsp3) is 0.643. The summed E-state index contributed by atoms with van der Waals surface area (Å²) in [5, 5.41) is 0. The first-order chi connectivity index (χ1) is 10.4. The zero-order valence-electron chi connectivity index (χ0n) is 13.7. The Labute approximate surface area is 136 Å². The standard InChI is InChI=1S/C14H21F3N2O3S/c1-9(19-23(20)13(2,3)4)10-6-11(21-5)12(18-7-10)22-8-14(15,16)17/h6-7,9,19H,8H2,1-5H3/t9-,23?/m1/s1. The maximum Gasteiger partial charge on any atom is 0.422 e. The molecular formula is C14H21F3N2O3S. The lowest BCUT2D eigenvalue weighted by Gasteiger charge is -2.26. The predicted molar refractivity (Wildman–Crippen MR) is 81.8 cm³/mol. The van der Waals surface area contributed by atoms with Crippen molar-refractivity contribution in [2.75, 3.05) is 13.7 Å². The summed E-state index contributed by atoms with van der Waals surface area (Å²) < 4.78 is 60.8. The Morgan fingerprint density at radius 2 is 1.96 bits per heavy atom. The molecule has 0 aliphatic rings. The Hall–Kier alpha value is -1.19. The van der Waals surface area contributed by atoms with Crippen LogP contribution in [-0.4, -0.2) is 34.2 Å². The molecule has 2 atom stereocenters. The third-order valence-electron chi connectivity index (χ3n) is 2.77. The number of nitrogens with zero attached hydrogens (tertiary/aromatic N) is 1. The number of rotatable bonds is 6. The molecular weight excluding hydrogens is 333 g/mol. The average Bonchev–Trinajstić information content (AvgIpc) is 2.42. The third kappa shape index (κ3) is 6.44. The fourth-order valence-electron chi connectivity index (χ4n) is 1.49. The molecule has 1 N–H and O–H groups in total. The van der Waals surface area contributed by atoms with Crippen molar-refractivity contribution in [1.29, 1.82) is 0 Å². The van der Waals surface area contributed by atoms with Gasteiger partial charge in [-0.05, 0) is 39.3 Å². The van der Waals surface area contributed by atoms with Crippen molar-refractivity contribution < 1.29 is 27.2 Å². The van der Waals surface area contributed by atoms with Gasteiger partial charge in [-0.15, -0.1) is 4.72 Å². The van der Waals surface area contributed by atoms with Crippen molar-refractivity contribution in [3.63, 3.8) is 0 Å². The second kappa shape index (κ2) is 7.59. The van der Waals surface area contributed by atoms with Crippen molar-refractivity contribution in [2.45, 2.75) is 44.7 Å². The maximum atomic E-state index is 12.2. The van der Waals surface area contributed by atoms with E-state index >= 15 is 0 Å². The van der Waals surface area contributed by atoms with Gasteiger partial charge in [0.25, 0.3) is 5.88 Å². The second-order valence-electron chi connectivity index (χ2n) is 5.90. The molecule has 9 heteroatoms. The number of ether oxygens (including phenoxy) is 2. The summed E-state index contributed by atoms with van der Waals surface area (Å²) >= 11 is -1.30. The molecule has 1 rings (SSSR count). The number of aromatic nitrogens is 1. The number of pyridine rings is 1. The second-order valence-corrected chi connectivity index (χ2v) is 7.90. The van der Waals surface area contributed by atoms with Crippen LogP contribution in [-0.2, 0) is 11.4 Å². The molecule has 0 bridgehead atoms. The van der Waals surface area contributed by atoms with Crippen molar-refractivity contribution in [3.05, 3.63) is 17.8 Å². The number of halogens is 3. The highest BCUT2D eigenvalue weighted by molar-refractivity contribution is 7.90. The Kier molecular flexibility index (Phi) is 6.55. The molecule has 0 aliphatic heterocycles. The van der Waals surface area contributed by atoms with Gasteiger partial charge in [-0.3, -0.25) is 0 Å². The van der Waals surface area contributed by atoms with Gasteiger partial charge in [0.2, 0.25) is 0 Å². The quantitative estimate of drug-likeness (QED) is 0.795. The van der Waals surface area contributed by atoms with Gasteiger partial charge in [-0.1, -0.05) is 0 Å². The number of alkyl halides is 3. The van der Waals surface area contributed by atoms with E-state index in [9.17, 15) is 17.7 Å². The van der Waals surface area contributed by atoms with Crippen LogP contribution in [0.25, 0.3) is 0 Å². The van der Waals surface area contributed by atoms with E-state index in [1.165, 1.54) is 19.4 Å². The van der Waals surface area contributed by atoms with Crippen LogP contribution in [0.1, 0.15) is 39.3 Å². The maximum absolute atomic E-state index is 12.2. The van der Waals surface area contributed by atoms with Crippen molar-refractivity contribution in [3.8, 4) is 11.6 Å². The van der Waals surface area contributed by atoms with E-state index in [-0.39, 0.29) is 17.7 Å². The molecule has 0 spiro atoms.